The average molecular weight is 419 g/mol. The number of ether oxygens (including phenoxy) is 2. The molecule has 0 heterocycles. The minimum absolute atomic E-state index is 0.111. The molecule has 4 nitrogen and oxygen atoms in total. The molecule has 0 spiro atoms. The van der Waals surface area contributed by atoms with E-state index in [1.165, 1.54) is 24.8 Å². The number of carbonyl (C=O) groups is 2. The van der Waals surface area contributed by atoms with Crippen molar-refractivity contribution in [2.75, 3.05) is 13.2 Å². The van der Waals surface area contributed by atoms with Crippen LogP contribution < -0.4 is 4.74 Å². The highest BCUT2D eigenvalue weighted by Crippen LogP contribution is 2.60. The molecule has 0 atom stereocenters. The molecule has 31 heavy (non-hydrogen) atoms. The van der Waals surface area contributed by atoms with Gasteiger partial charge in [-0.15, -0.1) is 0 Å². The Kier molecular flexibility index (Phi) is 5.56. The number of hydrogen-bond acceptors (Lipinski definition) is 4. The quantitative estimate of drug-likeness (QED) is 0.567. The normalized spacial score (nSPS) is 28.3. The summed E-state index contributed by atoms with van der Waals surface area (Å²) in [6.07, 6.45) is 7.61. The predicted octanol–water partition coefficient (Wildman–Crippen LogP) is 4.98. The zero-order valence-corrected chi connectivity index (χ0v) is 17.9. The molecule has 4 bridgehead atoms. The Hall–Kier alpha value is -2.62. The third kappa shape index (κ3) is 4.39. The lowest BCUT2D eigenvalue weighted by Crippen LogP contribution is -2.51. The summed E-state index contributed by atoms with van der Waals surface area (Å²) in [5.41, 5.74) is 1.98. The Morgan fingerprint density at radius 2 is 1.42 bits per heavy atom. The van der Waals surface area contributed by atoms with Gasteiger partial charge in [0.15, 0.2) is 19.0 Å². The molecule has 0 amide bonds. The van der Waals surface area contributed by atoms with Crippen LogP contribution in [0.15, 0.2) is 54.6 Å². The molecule has 4 saturated carbocycles. The highest BCUT2D eigenvalue weighted by atomic mass is 16.6. The Balaban J connectivity index is 1.14. The lowest BCUT2D eigenvalue weighted by molar-refractivity contribution is -0.158. The van der Waals surface area contributed by atoms with Crippen LogP contribution in [0.2, 0.25) is 0 Å². The van der Waals surface area contributed by atoms with Crippen LogP contribution in [0.3, 0.4) is 0 Å². The SMILES string of the molecule is O=C(COc1ccccc1Cc1ccccc1)OCC(=O)C12CC3CC(CC(C3)C1)C2. The highest BCUT2D eigenvalue weighted by Gasteiger charge is 2.54. The van der Waals surface area contributed by atoms with Crippen molar-refractivity contribution in [3.63, 3.8) is 0 Å². The minimum Gasteiger partial charge on any atom is -0.482 e. The summed E-state index contributed by atoms with van der Waals surface area (Å²) >= 11 is 0. The lowest BCUT2D eigenvalue weighted by atomic mass is 9.48. The van der Waals surface area contributed by atoms with Gasteiger partial charge in [0.2, 0.25) is 0 Å². The van der Waals surface area contributed by atoms with E-state index in [0.29, 0.717) is 23.5 Å². The number of ketones is 1. The van der Waals surface area contributed by atoms with Crippen molar-refractivity contribution in [3.05, 3.63) is 65.7 Å². The van der Waals surface area contributed by atoms with E-state index in [4.69, 9.17) is 9.47 Å². The van der Waals surface area contributed by atoms with Gasteiger partial charge in [-0.2, -0.15) is 0 Å². The molecule has 4 aliphatic carbocycles. The summed E-state index contributed by atoms with van der Waals surface area (Å²) < 4.78 is 11.1. The van der Waals surface area contributed by atoms with Gasteiger partial charge in [-0.25, -0.2) is 4.79 Å². The van der Waals surface area contributed by atoms with Gasteiger partial charge >= 0.3 is 5.97 Å². The third-order valence-corrected chi connectivity index (χ3v) is 7.55. The highest BCUT2D eigenvalue weighted by molar-refractivity contribution is 5.88. The van der Waals surface area contributed by atoms with Crippen LogP contribution in [0.4, 0.5) is 0 Å². The molecule has 4 fully saturated rings. The average Bonchev–Trinajstić information content (AvgIpc) is 2.76. The Morgan fingerprint density at radius 3 is 2.10 bits per heavy atom. The molecule has 2 aromatic rings. The number of para-hydroxylation sites is 1. The second-order valence-corrected chi connectivity index (χ2v) is 9.84. The standard InChI is InChI=1S/C27H30O4/c28-25(27-14-20-10-21(15-27)12-22(11-20)16-27)17-31-26(29)18-30-24-9-5-4-8-23(24)13-19-6-2-1-3-7-19/h1-9,20-22H,10-18H2. The van der Waals surface area contributed by atoms with Crippen molar-refractivity contribution < 1.29 is 19.1 Å². The van der Waals surface area contributed by atoms with Gasteiger partial charge in [0.25, 0.3) is 0 Å². The van der Waals surface area contributed by atoms with Crippen molar-refractivity contribution in [1.82, 2.24) is 0 Å². The molecule has 0 N–H and O–H groups in total. The van der Waals surface area contributed by atoms with E-state index in [9.17, 15) is 9.59 Å². The van der Waals surface area contributed by atoms with E-state index in [1.54, 1.807) is 0 Å². The maximum Gasteiger partial charge on any atom is 0.344 e. The number of benzene rings is 2. The van der Waals surface area contributed by atoms with Gasteiger partial charge in [0.05, 0.1) is 0 Å². The summed E-state index contributed by atoms with van der Waals surface area (Å²) in [6, 6.07) is 17.9. The third-order valence-electron chi connectivity index (χ3n) is 7.55. The van der Waals surface area contributed by atoms with E-state index in [0.717, 1.165) is 31.2 Å². The van der Waals surface area contributed by atoms with E-state index in [2.05, 4.69) is 12.1 Å². The van der Waals surface area contributed by atoms with Crippen molar-refractivity contribution in [2.45, 2.75) is 44.9 Å². The second kappa shape index (κ2) is 8.49. The summed E-state index contributed by atoms with van der Waals surface area (Å²) in [5.74, 6) is 2.44. The largest absolute Gasteiger partial charge is 0.482 e. The van der Waals surface area contributed by atoms with Gasteiger partial charge in [0.1, 0.15) is 5.75 Å². The Morgan fingerprint density at radius 1 is 0.806 bits per heavy atom. The smallest absolute Gasteiger partial charge is 0.344 e. The van der Waals surface area contributed by atoms with Crippen LogP contribution in [0.1, 0.15) is 49.7 Å². The van der Waals surface area contributed by atoms with Crippen molar-refractivity contribution in [2.24, 2.45) is 23.2 Å². The molecule has 0 aliphatic heterocycles. The lowest BCUT2D eigenvalue weighted by Gasteiger charge is -2.55. The first kappa shape index (κ1) is 20.3. The molecule has 0 aromatic heterocycles. The van der Waals surface area contributed by atoms with Crippen LogP contribution >= 0.6 is 0 Å². The molecule has 4 aliphatic rings. The summed E-state index contributed by atoms with van der Waals surface area (Å²) in [4.78, 5) is 25.3. The van der Waals surface area contributed by atoms with Crippen molar-refractivity contribution >= 4 is 11.8 Å². The fourth-order valence-electron chi connectivity index (χ4n) is 6.54. The first-order valence-electron chi connectivity index (χ1n) is 11.5. The zero-order chi connectivity index (χ0) is 21.3. The van der Waals surface area contributed by atoms with Gasteiger partial charge < -0.3 is 9.47 Å². The molecule has 162 valence electrons. The van der Waals surface area contributed by atoms with Gasteiger partial charge in [-0.3, -0.25) is 4.79 Å². The van der Waals surface area contributed by atoms with Gasteiger partial charge in [-0.1, -0.05) is 48.5 Å². The molecule has 0 radical (unpaired) electrons. The van der Waals surface area contributed by atoms with E-state index in [-0.39, 0.29) is 24.4 Å². The zero-order valence-electron chi connectivity index (χ0n) is 17.9. The molecular formula is C27H30O4. The van der Waals surface area contributed by atoms with Crippen LogP contribution in [-0.4, -0.2) is 25.0 Å². The van der Waals surface area contributed by atoms with Crippen molar-refractivity contribution in [1.29, 1.82) is 0 Å². The van der Waals surface area contributed by atoms with E-state index >= 15 is 0 Å². The predicted molar refractivity (Wildman–Crippen MR) is 118 cm³/mol. The number of hydrogen-bond donors (Lipinski definition) is 0. The fraction of sp³-hybridized carbons (Fsp3) is 0.481. The summed E-state index contributed by atoms with van der Waals surface area (Å²) in [7, 11) is 0. The molecule has 6 rings (SSSR count). The topological polar surface area (TPSA) is 52.6 Å². The van der Waals surface area contributed by atoms with Gasteiger partial charge in [-0.05, 0) is 73.5 Å². The number of rotatable bonds is 8. The van der Waals surface area contributed by atoms with Crippen LogP contribution in [0.25, 0.3) is 0 Å². The van der Waals surface area contributed by atoms with Crippen molar-refractivity contribution in [3.8, 4) is 5.75 Å². The maximum absolute atomic E-state index is 13.0. The molecular weight excluding hydrogens is 388 g/mol. The Bertz CT molecular complexity index is 913. The first-order chi connectivity index (χ1) is 15.1. The van der Waals surface area contributed by atoms with E-state index < -0.39 is 5.97 Å². The number of carbonyl (C=O) groups excluding carboxylic acids is 2. The molecule has 4 heteroatoms. The summed E-state index contributed by atoms with van der Waals surface area (Å²) in [6.45, 7) is -0.292. The monoisotopic (exact) mass is 418 g/mol. The van der Waals surface area contributed by atoms with Crippen LogP contribution in [0.5, 0.6) is 5.75 Å². The number of esters is 1. The molecule has 0 saturated heterocycles. The number of Topliss-reactive ketones (excluding diaryl/α,β-unsaturated/α-hetero) is 1. The van der Waals surface area contributed by atoms with E-state index in [1.807, 2.05) is 42.5 Å². The van der Waals surface area contributed by atoms with Crippen LogP contribution in [-0.2, 0) is 20.7 Å². The maximum atomic E-state index is 13.0. The first-order valence-corrected chi connectivity index (χ1v) is 11.5. The molecule has 0 unspecified atom stereocenters. The molecule has 2 aromatic carbocycles. The summed E-state index contributed by atoms with van der Waals surface area (Å²) in [5, 5.41) is 0. The van der Waals surface area contributed by atoms with Crippen LogP contribution in [0, 0.1) is 23.2 Å². The van der Waals surface area contributed by atoms with Gasteiger partial charge in [0, 0.05) is 11.8 Å². The fourth-order valence-corrected chi connectivity index (χ4v) is 6.54. The second-order valence-electron chi connectivity index (χ2n) is 9.84. The Labute approximate surface area is 183 Å². The minimum atomic E-state index is -0.479.